The Morgan fingerprint density at radius 3 is 2.56 bits per heavy atom. The van der Waals surface area contributed by atoms with Crippen LogP contribution in [0.2, 0.25) is 0 Å². The average molecular weight is 251 g/mol. The molecule has 96 valence electrons. The summed E-state index contributed by atoms with van der Waals surface area (Å²) >= 11 is 0. The summed E-state index contributed by atoms with van der Waals surface area (Å²) in [7, 11) is 0. The molecule has 0 amide bonds. The van der Waals surface area contributed by atoms with Crippen LogP contribution in [0.3, 0.4) is 0 Å². The Bertz CT molecular complexity index is 537. The minimum atomic E-state index is -1.12. The number of carboxylic acid groups (broad SMARTS) is 1. The zero-order valence-corrected chi connectivity index (χ0v) is 10.0. The van der Waals surface area contributed by atoms with Crippen molar-refractivity contribution in [3.63, 3.8) is 0 Å². The molecule has 0 aliphatic rings. The number of aliphatic carboxylic acids is 1. The van der Waals surface area contributed by atoms with Gasteiger partial charge in [-0.3, -0.25) is 10.1 Å². The standard InChI is InChI=1S/C11H13N3O4/c1-3-7(11(15)16)10(12)8-4-5-9(14(17)18)6(2)13-8/h4-5H,3,12H2,1-2H3,(H,15,16)/b10-7+. The predicted octanol–water partition coefficient (Wildman–Crippen LogP) is 1.46. The second kappa shape index (κ2) is 5.26. The van der Waals surface area contributed by atoms with Crippen molar-refractivity contribution < 1.29 is 14.8 Å². The number of hydrogen-bond acceptors (Lipinski definition) is 5. The first-order chi connectivity index (χ1) is 8.38. The molecule has 0 spiro atoms. The highest BCUT2D eigenvalue weighted by Gasteiger charge is 2.16. The van der Waals surface area contributed by atoms with Crippen LogP contribution in [0.1, 0.15) is 24.7 Å². The largest absolute Gasteiger partial charge is 0.478 e. The SMILES string of the molecule is CC/C(C(=O)O)=C(\N)c1ccc([N+](=O)[O-])c(C)n1. The molecule has 7 nitrogen and oxygen atoms in total. The molecule has 3 N–H and O–H groups in total. The van der Waals surface area contributed by atoms with Crippen LogP contribution in [-0.4, -0.2) is 21.0 Å². The van der Waals surface area contributed by atoms with E-state index in [2.05, 4.69) is 4.98 Å². The van der Waals surface area contributed by atoms with E-state index in [1.54, 1.807) is 6.92 Å². The summed E-state index contributed by atoms with van der Waals surface area (Å²) in [5, 5.41) is 19.6. The molecule has 0 saturated heterocycles. The van der Waals surface area contributed by atoms with Crippen molar-refractivity contribution in [2.45, 2.75) is 20.3 Å². The van der Waals surface area contributed by atoms with Gasteiger partial charge in [0.1, 0.15) is 5.69 Å². The van der Waals surface area contributed by atoms with Crippen LogP contribution in [0.4, 0.5) is 5.69 Å². The summed E-state index contributed by atoms with van der Waals surface area (Å²) in [6.45, 7) is 3.13. The van der Waals surface area contributed by atoms with E-state index in [1.165, 1.54) is 19.1 Å². The molecular weight excluding hydrogens is 238 g/mol. The Kier molecular flexibility index (Phi) is 3.98. The molecule has 0 radical (unpaired) electrons. The van der Waals surface area contributed by atoms with Crippen LogP contribution in [0.25, 0.3) is 5.70 Å². The molecule has 18 heavy (non-hydrogen) atoms. The van der Waals surface area contributed by atoms with Gasteiger partial charge in [0.15, 0.2) is 0 Å². The maximum Gasteiger partial charge on any atom is 0.333 e. The molecule has 1 rings (SSSR count). The van der Waals surface area contributed by atoms with Crippen molar-refractivity contribution in [1.29, 1.82) is 0 Å². The number of nitro groups is 1. The highest BCUT2D eigenvalue weighted by molar-refractivity contribution is 5.95. The molecular formula is C11H13N3O4. The van der Waals surface area contributed by atoms with E-state index >= 15 is 0 Å². The molecule has 0 aliphatic carbocycles. The highest BCUT2D eigenvalue weighted by Crippen LogP contribution is 2.20. The van der Waals surface area contributed by atoms with Gasteiger partial charge in [-0.25, -0.2) is 9.78 Å². The van der Waals surface area contributed by atoms with Crippen LogP contribution in [0, 0.1) is 17.0 Å². The molecule has 1 heterocycles. The Labute approximate surface area is 103 Å². The third-order valence-electron chi connectivity index (χ3n) is 2.47. The molecule has 0 unspecified atom stereocenters. The summed E-state index contributed by atoms with van der Waals surface area (Å²) in [6.07, 6.45) is 0.249. The number of nitrogens with two attached hydrogens (primary N) is 1. The number of nitrogens with zero attached hydrogens (tertiary/aromatic N) is 2. The van der Waals surface area contributed by atoms with Crippen molar-refractivity contribution in [1.82, 2.24) is 4.98 Å². The number of carbonyl (C=O) groups is 1. The molecule has 0 fully saturated rings. The minimum absolute atomic E-state index is 0.0306. The van der Waals surface area contributed by atoms with E-state index in [1.807, 2.05) is 0 Å². The van der Waals surface area contributed by atoms with Crippen molar-refractivity contribution in [2.24, 2.45) is 5.73 Å². The minimum Gasteiger partial charge on any atom is -0.478 e. The summed E-state index contributed by atoms with van der Waals surface area (Å²) in [5.41, 5.74) is 6.08. The van der Waals surface area contributed by atoms with Gasteiger partial charge in [0.25, 0.3) is 5.69 Å². The smallest absolute Gasteiger partial charge is 0.333 e. The van der Waals surface area contributed by atoms with Gasteiger partial charge in [-0.05, 0) is 19.4 Å². The van der Waals surface area contributed by atoms with E-state index < -0.39 is 10.9 Å². The van der Waals surface area contributed by atoms with Crippen LogP contribution in [-0.2, 0) is 4.79 Å². The van der Waals surface area contributed by atoms with Gasteiger partial charge in [0.05, 0.1) is 21.9 Å². The lowest BCUT2D eigenvalue weighted by molar-refractivity contribution is -0.385. The summed E-state index contributed by atoms with van der Waals surface area (Å²) in [6, 6.07) is 2.61. The maximum atomic E-state index is 10.9. The fraction of sp³-hybridized carbons (Fsp3) is 0.273. The lowest BCUT2D eigenvalue weighted by Gasteiger charge is -2.06. The quantitative estimate of drug-likeness (QED) is 0.475. The number of aryl methyl sites for hydroxylation is 1. The molecule has 0 saturated carbocycles. The number of rotatable bonds is 4. The highest BCUT2D eigenvalue weighted by atomic mass is 16.6. The van der Waals surface area contributed by atoms with Crippen LogP contribution in [0.15, 0.2) is 17.7 Å². The molecule has 7 heteroatoms. The fourth-order valence-electron chi connectivity index (χ4n) is 1.51. The Hall–Kier alpha value is -2.44. The Morgan fingerprint density at radius 1 is 1.56 bits per heavy atom. The number of pyridine rings is 1. The zero-order valence-electron chi connectivity index (χ0n) is 10.0. The van der Waals surface area contributed by atoms with Crippen LogP contribution < -0.4 is 5.73 Å². The van der Waals surface area contributed by atoms with Gasteiger partial charge < -0.3 is 10.8 Å². The van der Waals surface area contributed by atoms with Crippen molar-refractivity contribution in [3.05, 3.63) is 39.2 Å². The zero-order chi connectivity index (χ0) is 13.9. The summed E-state index contributed by atoms with van der Waals surface area (Å²) < 4.78 is 0. The van der Waals surface area contributed by atoms with Gasteiger partial charge in [0, 0.05) is 6.07 Å². The van der Waals surface area contributed by atoms with Crippen LogP contribution in [0.5, 0.6) is 0 Å². The monoisotopic (exact) mass is 251 g/mol. The average Bonchev–Trinajstić information content (AvgIpc) is 2.28. The first kappa shape index (κ1) is 13.6. The van der Waals surface area contributed by atoms with E-state index in [-0.39, 0.29) is 34.8 Å². The lowest BCUT2D eigenvalue weighted by Crippen LogP contribution is -2.11. The van der Waals surface area contributed by atoms with Crippen molar-refractivity contribution in [3.8, 4) is 0 Å². The summed E-state index contributed by atoms with van der Waals surface area (Å²) in [5.74, 6) is -1.12. The maximum absolute atomic E-state index is 10.9. The van der Waals surface area contributed by atoms with Gasteiger partial charge in [-0.2, -0.15) is 0 Å². The fourth-order valence-corrected chi connectivity index (χ4v) is 1.51. The van der Waals surface area contributed by atoms with Gasteiger partial charge in [-0.1, -0.05) is 6.92 Å². The molecule has 1 aromatic heterocycles. The van der Waals surface area contributed by atoms with E-state index in [0.717, 1.165) is 0 Å². The van der Waals surface area contributed by atoms with Crippen molar-refractivity contribution in [2.75, 3.05) is 0 Å². The van der Waals surface area contributed by atoms with Gasteiger partial charge in [0.2, 0.25) is 0 Å². The molecule has 0 aromatic carbocycles. The Morgan fingerprint density at radius 2 is 2.17 bits per heavy atom. The number of carboxylic acids is 1. The first-order valence-corrected chi connectivity index (χ1v) is 5.22. The third-order valence-corrected chi connectivity index (χ3v) is 2.47. The molecule has 0 atom stereocenters. The topological polar surface area (TPSA) is 119 Å². The molecule has 0 aliphatic heterocycles. The normalized spacial score (nSPS) is 11.9. The number of aromatic nitrogens is 1. The van der Waals surface area contributed by atoms with E-state index in [0.29, 0.717) is 0 Å². The summed E-state index contributed by atoms with van der Waals surface area (Å²) in [4.78, 5) is 25.0. The van der Waals surface area contributed by atoms with E-state index in [9.17, 15) is 14.9 Å². The Balaban J connectivity index is 3.31. The molecule has 1 aromatic rings. The number of hydrogen-bond donors (Lipinski definition) is 2. The second-order valence-corrected chi connectivity index (χ2v) is 3.61. The van der Waals surface area contributed by atoms with Gasteiger partial charge in [-0.15, -0.1) is 0 Å². The van der Waals surface area contributed by atoms with E-state index in [4.69, 9.17) is 10.8 Å². The lowest BCUT2D eigenvalue weighted by atomic mass is 10.1. The van der Waals surface area contributed by atoms with Gasteiger partial charge >= 0.3 is 5.97 Å². The second-order valence-electron chi connectivity index (χ2n) is 3.61. The predicted molar refractivity (Wildman–Crippen MR) is 64.7 cm³/mol. The molecule has 0 bridgehead atoms. The van der Waals surface area contributed by atoms with Crippen molar-refractivity contribution >= 4 is 17.4 Å². The van der Waals surface area contributed by atoms with Crippen LogP contribution >= 0.6 is 0 Å². The first-order valence-electron chi connectivity index (χ1n) is 5.22. The third kappa shape index (κ3) is 2.62.